The van der Waals surface area contributed by atoms with Crippen LogP contribution in [0.1, 0.15) is 25.7 Å². The molecule has 1 aromatic heterocycles. The minimum Gasteiger partial charge on any atom is -0.497 e. The fourth-order valence-electron chi connectivity index (χ4n) is 4.74. The molecule has 2 saturated heterocycles. The second-order valence-corrected chi connectivity index (χ2v) is 12.1. The van der Waals surface area contributed by atoms with Gasteiger partial charge < -0.3 is 9.47 Å². The van der Waals surface area contributed by atoms with E-state index >= 15 is 0 Å². The Balaban J connectivity index is 1.34. The summed E-state index contributed by atoms with van der Waals surface area (Å²) in [6, 6.07) is 8.09. The number of halogens is 2. The Bertz CT molecular complexity index is 1400. The maximum Gasteiger partial charge on any atom is 0.243 e. The van der Waals surface area contributed by atoms with E-state index in [1.165, 1.54) is 15.6 Å². The number of anilines is 1. The van der Waals surface area contributed by atoms with Gasteiger partial charge in [0.05, 0.1) is 34.9 Å². The fraction of sp³-hybridized carbons (Fsp3) is 0.440. The van der Waals surface area contributed by atoms with E-state index < -0.39 is 27.6 Å². The minimum absolute atomic E-state index is 0.0839. The van der Waals surface area contributed by atoms with Gasteiger partial charge in [-0.2, -0.15) is 4.31 Å². The number of hydrogen-bond acceptors (Lipinski definition) is 7. The molecular weight excluding hydrogens is 524 g/mol. The Morgan fingerprint density at radius 3 is 2.62 bits per heavy atom. The molecule has 3 heterocycles. The van der Waals surface area contributed by atoms with Crippen molar-refractivity contribution < 1.29 is 31.5 Å². The first kappa shape index (κ1) is 26.0. The van der Waals surface area contributed by atoms with Gasteiger partial charge in [0, 0.05) is 25.6 Å². The zero-order valence-corrected chi connectivity index (χ0v) is 21.9. The van der Waals surface area contributed by atoms with Gasteiger partial charge in [0.1, 0.15) is 5.75 Å². The molecule has 5 rings (SSSR count). The monoisotopic (exact) mass is 551 g/mol. The van der Waals surface area contributed by atoms with Gasteiger partial charge in [-0.05, 0) is 62.1 Å². The molecule has 3 aromatic rings. The van der Waals surface area contributed by atoms with Gasteiger partial charge in [0.25, 0.3) is 0 Å². The second kappa shape index (κ2) is 10.6. The Hall–Kier alpha value is -2.67. The van der Waals surface area contributed by atoms with Crippen LogP contribution in [-0.4, -0.2) is 63.1 Å². The van der Waals surface area contributed by atoms with Crippen molar-refractivity contribution in [2.24, 2.45) is 5.92 Å². The van der Waals surface area contributed by atoms with E-state index in [-0.39, 0.29) is 30.0 Å². The largest absolute Gasteiger partial charge is 0.497 e. The lowest BCUT2D eigenvalue weighted by Crippen LogP contribution is -2.46. The Morgan fingerprint density at radius 2 is 1.95 bits per heavy atom. The summed E-state index contributed by atoms with van der Waals surface area (Å²) >= 11 is 1.40. The highest BCUT2D eigenvalue weighted by molar-refractivity contribution is 7.89. The zero-order chi connectivity index (χ0) is 26.2. The molecule has 0 radical (unpaired) electrons. The standard InChI is InChI=1S/C25H27F2N3O5S2/c1-34-17-4-7-22-23(13-17)36-25(28-22)30(15-18-3-2-12-35-18)24(31)16-8-10-29(11-9-16)37(32,33)19-5-6-20(26)21(27)14-19/h4-7,13-14,16,18H,2-3,8-12,15H2,1H3. The summed E-state index contributed by atoms with van der Waals surface area (Å²) in [5.41, 5.74) is 0.762. The van der Waals surface area contributed by atoms with Crippen molar-refractivity contribution in [3.05, 3.63) is 48.0 Å². The van der Waals surface area contributed by atoms with Crippen LogP contribution in [0.15, 0.2) is 41.3 Å². The molecule has 0 N–H and O–H groups in total. The van der Waals surface area contributed by atoms with Crippen LogP contribution < -0.4 is 9.64 Å². The van der Waals surface area contributed by atoms with E-state index in [0.717, 1.165) is 35.2 Å². The number of thiazole rings is 1. The second-order valence-electron chi connectivity index (χ2n) is 9.17. The SMILES string of the molecule is COc1ccc2nc(N(CC3CCCO3)C(=O)C3CCN(S(=O)(=O)c4ccc(F)c(F)c4)CC3)sc2c1. The van der Waals surface area contributed by atoms with Crippen molar-refractivity contribution in [2.45, 2.75) is 36.7 Å². The maximum atomic E-state index is 13.7. The number of piperidine rings is 1. The Kier molecular flexibility index (Phi) is 7.44. The Morgan fingerprint density at radius 1 is 1.16 bits per heavy atom. The molecule has 2 aromatic carbocycles. The molecule has 2 fully saturated rings. The summed E-state index contributed by atoms with van der Waals surface area (Å²) in [6.07, 6.45) is 2.32. The molecule has 37 heavy (non-hydrogen) atoms. The van der Waals surface area contributed by atoms with Crippen LogP contribution in [-0.2, 0) is 19.6 Å². The van der Waals surface area contributed by atoms with Gasteiger partial charge in [-0.15, -0.1) is 0 Å². The van der Waals surface area contributed by atoms with E-state index in [4.69, 9.17) is 14.5 Å². The highest BCUT2D eigenvalue weighted by Gasteiger charge is 2.36. The predicted molar refractivity (Wildman–Crippen MR) is 135 cm³/mol. The van der Waals surface area contributed by atoms with Crippen molar-refractivity contribution in [1.29, 1.82) is 0 Å². The number of nitrogens with zero attached hydrogens (tertiary/aromatic N) is 3. The first-order valence-corrected chi connectivity index (χ1v) is 14.3. The Labute approximate surface area is 217 Å². The molecule has 0 saturated carbocycles. The number of carbonyl (C=O) groups is 1. The molecule has 2 aliphatic heterocycles. The molecule has 0 spiro atoms. The van der Waals surface area contributed by atoms with Crippen LogP contribution in [0.4, 0.5) is 13.9 Å². The maximum absolute atomic E-state index is 13.7. The number of rotatable bonds is 7. The lowest BCUT2D eigenvalue weighted by molar-refractivity contribution is -0.123. The van der Waals surface area contributed by atoms with Crippen molar-refractivity contribution in [1.82, 2.24) is 9.29 Å². The first-order valence-electron chi connectivity index (χ1n) is 12.1. The van der Waals surface area contributed by atoms with E-state index in [1.54, 1.807) is 12.0 Å². The average molecular weight is 552 g/mol. The highest BCUT2D eigenvalue weighted by atomic mass is 32.2. The third-order valence-electron chi connectivity index (χ3n) is 6.82. The van der Waals surface area contributed by atoms with Gasteiger partial charge in [-0.1, -0.05) is 11.3 Å². The summed E-state index contributed by atoms with van der Waals surface area (Å²) in [4.78, 5) is 19.8. The van der Waals surface area contributed by atoms with Crippen LogP contribution in [0.5, 0.6) is 5.75 Å². The normalized spacial score (nSPS) is 19.4. The number of carbonyl (C=O) groups excluding carboxylic acids is 1. The minimum atomic E-state index is -4.01. The molecule has 12 heteroatoms. The molecule has 8 nitrogen and oxygen atoms in total. The molecule has 198 valence electrons. The van der Waals surface area contributed by atoms with Crippen molar-refractivity contribution in [3.63, 3.8) is 0 Å². The summed E-state index contributed by atoms with van der Waals surface area (Å²) in [7, 11) is -2.41. The third kappa shape index (κ3) is 5.33. The van der Waals surface area contributed by atoms with Crippen molar-refractivity contribution in [3.8, 4) is 5.75 Å². The van der Waals surface area contributed by atoms with Gasteiger partial charge in [0.15, 0.2) is 16.8 Å². The van der Waals surface area contributed by atoms with Crippen molar-refractivity contribution in [2.75, 3.05) is 38.3 Å². The molecule has 0 aliphatic carbocycles. The van der Waals surface area contributed by atoms with Gasteiger partial charge >= 0.3 is 0 Å². The smallest absolute Gasteiger partial charge is 0.243 e. The quantitative estimate of drug-likeness (QED) is 0.438. The highest BCUT2D eigenvalue weighted by Crippen LogP contribution is 2.34. The number of benzene rings is 2. The van der Waals surface area contributed by atoms with Crippen LogP contribution in [0.25, 0.3) is 10.2 Å². The number of ether oxygens (including phenoxy) is 2. The number of aromatic nitrogens is 1. The van der Waals surface area contributed by atoms with Crippen LogP contribution in [0, 0.1) is 17.6 Å². The van der Waals surface area contributed by atoms with E-state index in [2.05, 4.69) is 0 Å². The third-order valence-corrected chi connectivity index (χ3v) is 9.76. The molecule has 2 aliphatic rings. The molecule has 1 atom stereocenters. The van der Waals surface area contributed by atoms with Crippen LogP contribution in [0.3, 0.4) is 0 Å². The van der Waals surface area contributed by atoms with Crippen LogP contribution >= 0.6 is 11.3 Å². The summed E-state index contributed by atoms with van der Waals surface area (Å²) in [5, 5.41) is 0.570. The van der Waals surface area contributed by atoms with Gasteiger partial charge in [0.2, 0.25) is 15.9 Å². The summed E-state index contributed by atoms with van der Waals surface area (Å²) < 4.78 is 66.1. The number of fused-ring (bicyclic) bond motifs is 1. The fourth-order valence-corrected chi connectivity index (χ4v) is 7.23. The lowest BCUT2D eigenvalue weighted by atomic mass is 9.96. The number of methoxy groups -OCH3 is 1. The molecular formula is C25H27F2N3O5S2. The number of hydrogen-bond donors (Lipinski definition) is 0. The zero-order valence-electron chi connectivity index (χ0n) is 20.2. The summed E-state index contributed by atoms with van der Waals surface area (Å²) in [5.74, 6) is -2.15. The summed E-state index contributed by atoms with van der Waals surface area (Å²) in [6.45, 7) is 1.23. The van der Waals surface area contributed by atoms with Crippen molar-refractivity contribution >= 4 is 42.6 Å². The van der Waals surface area contributed by atoms with Gasteiger partial charge in [-0.25, -0.2) is 22.2 Å². The number of amides is 1. The van der Waals surface area contributed by atoms with Crippen LogP contribution in [0.2, 0.25) is 0 Å². The van der Waals surface area contributed by atoms with E-state index in [1.807, 2.05) is 18.2 Å². The molecule has 1 unspecified atom stereocenters. The molecule has 1 amide bonds. The van der Waals surface area contributed by atoms with E-state index in [0.29, 0.717) is 42.9 Å². The van der Waals surface area contributed by atoms with Gasteiger partial charge in [-0.3, -0.25) is 9.69 Å². The molecule has 0 bridgehead atoms. The predicted octanol–water partition coefficient (Wildman–Crippen LogP) is 4.20. The average Bonchev–Trinajstić information content (AvgIpc) is 3.57. The van der Waals surface area contributed by atoms with E-state index in [9.17, 15) is 22.0 Å². The lowest BCUT2D eigenvalue weighted by Gasteiger charge is -2.33. The topological polar surface area (TPSA) is 89.0 Å². The first-order chi connectivity index (χ1) is 17.8. The number of sulfonamides is 1.